The molecule has 1 amide bonds. The number of methoxy groups -OCH3 is 2. The van der Waals surface area contributed by atoms with Crippen molar-refractivity contribution in [3.8, 4) is 11.5 Å². The Labute approximate surface area is 160 Å². The molecular weight excluding hydrogens is 342 g/mol. The van der Waals surface area contributed by atoms with Crippen LogP contribution in [0.25, 0.3) is 0 Å². The van der Waals surface area contributed by atoms with Gasteiger partial charge in [0.1, 0.15) is 11.5 Å². The maximum Gasteiger partial charge on any atom is 0.227 e. The van der Waals surface area contributed by atoms with Crippen LogP contribution in [0.1, 0.15) is 11.1 Å². The predicted molar refractivity (Wildman–Crippen MR) is 106 cm³/mol. The molecule has 6 heteroatoms. The summed E-state index contributed by atoms with van der Waals surface area (Å²) < 4.78 is 10.7. The first-order valence-electron chi connectivity index (χ1n) is 9.14. The predicted octanol–water partition coefficient (Wildman–Crippen LogP) is 2.17. The molecule has 1 aliphatic rings. The van der Waals surface area contributed by atoms with Crippen LogP contribution in [-0.4, -0.2) is 56.1 Å². The summed E-state index contributed by atoms with van der Waals surface area (Å²) >= 11 is 0. The van der Waals surface area contributed by atoms with Crippen LogP contribution in [0, 0.1) is 0 Å². The Bertz CT molecular complexity index is 746. The highest BCUT2D eigenvalue weighted by molar-refractivity contribution is 5.79. The second-order valence-electron chi connectivity index (χ2n) is 6.80. The lowest BCUT2D eigenvalue weighted by molar-refractivity contribution is -0.132. The van der Waals surface area contributed by atoms with Gasteiger partial charge in [-0.1, -0.05) is 12.1 Å². The fraction of sp³-hybridized carbons (Fsp3) is 0.381. The zero-order chi connectivity index (χ0) is 19.2. The molecule has 0 unspecified atom stereocenters. The summed E-state index contributed by atoms with van der Waals surface area (Å²) in [4.78, 5) is 16.8. The maximum absolute atomic E-state index is 12.5. The SMILES string of the molecule is COc1cc(CN2CCN(C(=O)Cc3ccc(N)cc3)CC2)cc(OC)c1. The quantitative estimate of drug-likeness (QED) is 0.791. The van der Waals surface area contributed by atoms with E-state index < -0.39 is 0 Å². The van der Waals surface area contributed by atoms with E-state index in [4.69, 9.17) is 15.2 Å². The van der Waals surface area contributed by atoms with Crippen molar-refractivity contribution in [1.82, 2.24) is 9.80 Å². The van der Waals surface area contributed by atoms with Crippen LogP contribution in [0.2, 0.25) is 0 Å². The molecule has 1 heterocycles. The molecule has 0 atom stereocenters. The molecule has 27 heavy (non-hydrogen) atoms. The fourth-order valence-electron chi connectivity index (χ4n) is 3.29. The maximum atomic E-state index is 12.5. The largest absolute Gasteiger partial charge is 0.497 e. The van der Waals surface area contributed by atoms with Gasteiger partial charge in [-0.15, -0.1) is 0 Å². The van der Waals surface area contributed by atoms with Gasteiger partial charge in [-0.25, -0.2) is 0 Å². The molecule has 144 valence electrons. The summed E-state index contributed by atoms with van der Waals surface area (Å²) in [6.07, 6.45) is 0.424. The van der Waals surface area contributed by atoms with Gasteiger partial charge in [-0.05, 0) is 35.4 Å². The molecule has 3 rings (SSSR count). The van der Waals surface area contributed by atoms with Crippen molar-refractivity contribution in [2.45, 2.75) is 13.0 Å². The number of ether oxygens (including phenoxy) is 2. The van der Waals surface area contributed by atoms with E-state index >= 15 is 0 Å². The number of benzene rings is 2. The van der Waals surface area contributed by atoms with Gasteiger partial charge in [0.2, 0.25) is 5.91 Å². The monoisotopic (exact) mass is 369 g/mol. The Hall–Kier alpha value is -2.73. The van der Waals surface area contributed by atoms with E-state index in [1.165, 1.54) is 0 Å². The van der Waals surface area contributed by atoms with Gasteiger partial charge in [0.15, 0.2) is 0 Å². The second kappa shape index (κ2) is 8.77. The molecule has 0 aromatic heterocycles. The van der Waals surface area contributed by atoms with E-state index in [2.05, 4.69) is 4.90 Å². The average Bonchev–Trinajstić information content (AvgIpc) is 2.70. The summed E-state index contributed by atoms with van der Waals surface area (Å²) in [5.41, 5.74) is 8.56. The summed E-state index contributed by atoms with van der Waals surface area (Å²) in [6.45, 7) is 4.01. The molecule has 2 aromatic carbocycles. The molecule has 0 spiro atoms. The number of amides is 1. The second-order valence-corrected chi connectivity index (χ2v) is 6.80. The van der Waals surface area contributed by atoms with Crippen molar-refractivity contribution in [3.63, 3.8) is 0 Å². The molecule has 2 aromatic rings. The Morgan fingerprint density at radius 3 is 2.07 bits per heavy atom. The minimum Gasteiger partial charge on any atom is -0.497 e. The van der Waals surface area contributed by atoms with Crippen LogP contribution in [0.15, 0.2) is 42.5 Å². The molecule has 1 fully saturated rings. The molecule has 0 saturated carbocycles. The fourth-order valence-corrected chi connectivity index (χ4v) is 3.29. The number of carbonyl (C=O) groups is 1. The molecule has 1 saturated heterocycles. The normalized spacial score (nSPS) is 14.8. The van der Waals surface area contributed by atoms with Gasteiger partial charge < -0.3 is 20.1 Å². The first-order chi connectivity index (χ1) is 13.1. The van der Waals surface area contributed by atoms with Gasteiger partial charge in [-0.3, -0.25) is 9.69 Å². The van der Waals surface area contributed by atoms with E-state index in [9.17, 15) is 4.79 Å². The van der Waals surface area contributed by atoms with Crippen molar-refractivity contribution in [2.24, 2.45) is 0 Å². The molecular formula is C21H27N3O3. The Kier molecular flexibility index (Phi) is 6.19. The number of hydrogen-bond acceptors (Lipinski definition) is 5. The van der Waals surface area contributed by atoms with Crippen molar-refractivity contribution >= 4 is 11.6 Å². The lowest BCUT2D eigenvalue weighted by Crippen LogP contribution is -2.48. The minimum absolute atomic E-state index is 0.169. The molecule has 0 aliphatic carbocycles. The lowest BCUT2D eigenvalue weighted by atomic mass is 10.1. The van der Waals surface area contributed by atoms with Crippen molar-refractivity contribution < 1.29 is 14.3 Å². The van der Waals surface area contributed by atoms with Crippen LogP contribution >= 0.6 is 0 Å². The third kappa shape index (κ3) is 5.14. The first-order valence-corrected chi connectivity index (χ1v) is 9.14. The first kappa shape index (κ1) is 19.0. The van der Waals surface area contributed by atoms with E-state index in [1.807, 2.05) is 47.4 Å². The van der Waals surface area contributed by atoms with E-state index in [1.54, 1.807) is 14.2 Å². The Morgan fingerprint density at radius 2 is 1.52 bits per heavy atom. The third-order valence-corrected chi connectivity index (χ3v) is 4.88. The number of anilines is 1. The number of rotatable bonds is 6. The number of nitrogens with zero attached hydrogens (tertiary/aromatic N) is 2. The van der Waals surface area contributed by atoms with Crippen LogP contribution in [-0.2, 0) is 17.8 Å². The summed E-state index contributed by atoms with van der Waals surface area (Å²) in [7, 11) is 3.31. The van der Waals surface area contributed by atoms with Crippen LogP contribution in [0.3, 0.4) is 0 Å². The van der Waals surface area contributed by atoms with Gasteiger partial charge in [0.05, 0.1) is 20.6 Å². The molecule has 0 bridgehead atoms. The topological polar surface area (TPSA) is 68.0 Å². The van der Waals surface area contributed by atoms with Gasteiger partial charge in [0, 0.05) is 44.5 Å². The smallest absolute Gasteiger partial charge is 0.227 e. The molecule has 6 nitrogen and oxygen atoms in total. The average molecular weight is 369 g/mol. The Morgan fingerprint density at radius 1 is 0.926 bits per heavy atom. The highest BCUT2D eigenvalue weighted by atomic mass is 16.5. The number of nitrogen functional groups attached to an aromatic ring is 1. The van der Waals surface area contributed by atoms with Crippen LogP contribution < -0.4 is 15.2 Å². The van der Waals surface area contributed by atoms with E-state index in [0.717, 1.165) is 55.3 Å². The standard InChI is InChI=1S/C21H27N3O3/c1-26-19-11-17(12-20(14-19)27-2)15-23-7-9-24(10-8-23)21(25)13-16-3-5-18(22)6-4-16/h3-6,11-12,14H,7-10,13,15,22H2,1-2H3. The highest BCUT2D eigenvalue weighted by Gasteiger charge is 2.21. The Balaban J connectivity index is 1.52. The zero-order valence-corrected chi connectivity index (χ0v) is 16.0. The minimum atomic E-state index is 0.169. The van der Waals surface area contributed by atoms with Crippen LogP contribution in [0.5, 0.6) is 11.5 Å². The molecule has 0 radical (unpaired) electrons. The summed E-state index contributed by atoms with van der Waals surface area (Å²) in [5.74, 6) is 1.76. The number of carbonyl (C=O) groups excluding carboxylic acids is 1. The van der Waals surface area contributed by atoms with E-state index in [-0.39, 0.29) is 5.91 Å². The summed E-state index contributed by atoms with van der Waals surface area (Å²) in [6, 6.07) is 13.4. The van der Waals surface area contributed by atoms with Crippen molar-refractivity contribution in [3.05, 3.63) is 53.6 Å². The summed E-state index contributed by atoms with van der Waals surface area (Å²) in [5, 5.41) is 0. The highest BCUT2D eigenvalue weighted by Crippen LogP contribution is 2.23. The van der Waals surface area contributed by atoms with E-state index in [0.29, 0.717) is 12.1 Å². The van der Waals surface area contributed by atoms with Crippen molar-refractivity contribution in [1.29, 1.82) is 0 Å². The number of piperazine rings is 1. The number of nitrogens with two attached hydrogens (primary N) is 1. The third-order valence-electron chi connectivity index (χ3n) is 4.88. The van der Waals surface area contributed by atoms with Crippen LogP contribution in [0.4, 0.5) is 5.69 Å². The molecule has 2 N–H and O–H groups in total. The van der Waals surface area contributed by atoms with Crippen molar-refractivity contribution in [2.75, 3.05) is 46.1 Å². The van der Waals surface area contributed by atoms with Gasteiger partial charge >= 0.3 is 0 Å². The lowest BCUT2D eigenvalue weighted by Gasteiger charge is -2.35. The number of hydrogen-bond donors (Lipinski definition) is 1. The zero-order valence-electron chi connectivity index (χ0n) is 16.0. The van der Waals surface area contributed by atoms with Gasteiger partial charge in [-0.2, -0.15) is 0 Å². The van der Waals surface area contributed by atoms with Gasteiger partial charge in [0.25, 0.3) is 0 Å². The molecule has 1 aliphatic heterocycles.